The Morgan fingerprint density at radius 1 is 0.750 bits per heavy atom. The molecule has 0 spiro atoms. The highest BCUT2D eigenvalue weighted by Crippen LogP contribution is 2.38. The van der Waals surface area contributed by atoms with Crippen molar-refractivity contribution in [2.24, 2.45) is 11.8 Å². The summed E-state index contributed by atoms with van der Waals surface area (Å²) in [5.74, 6) is 2.97. The molecule has 3 heteroatoms. The standard InChI is InChI=1S/C13H16O.C12H22.C2H4I2.C2H6/c14-10-11-5-4-8-13(9-11)12-6-2-1-3-7-12;1-3-7-11(8-4-1)12-9-5-2-6-10-12;1-2(3)4;1-2/h4-5,8-10,12H,1-3,6-7H2;11-12H,1-10H2;2H,1H3;1-2H3. The predicted octanol–water partition coefficient (Wildman–Crippen LogP) is 10.9. The number of hydrogen-bond acceptors (Lipinski definition) is 1. The topological polar surface area (TPSA) is 17.1 Å². The van der Waals surface area contributed by atoms with Gasteiger partial charge in [0.05, 0.1) is 1.93 Å². The second-order valence-electron chi connectivity index (χ2n) is 9.44. The largest absolute Gasteiger partial charge is 0.298 e. The van der Waals surface area contributed by atoms with Crippen LogP contribution < -0.4 is 0 Å². The molecule has 0 saturated heterocycles. The van der Waals surface area contributed by atoms with E-state index in [0.717, 1.165) is 25.6 Å². The number of hydrogen-bond donors (Lipinski definition) is 0. The average molecular weight is 667 g/mol. The Kier molecular flexibility index (Phi) is 18.6. The normalized spacial score (nSPS) is 20.1. The van der Waals surface area contributed by atoms with Gasteiger partial charge in [-0.05, 0) is 49.1 Å². The van der Waals surface area contributed by atoms with E-state index in [1.807, 2.05) is 32.0 Å². The van der Waals surface area contributed by atoms with Gasteiger partial charge in [0.15, 0.2) is 0 Å². The van der Waals surface area contributed by atoms with E-state index in [1.54, 1.807) is 25.7 Å². The van der Waals surface area contributed by atoms with Gasteiger partial charge in [-0.25, -0.2) is 0 Å². The van der Waals surface area contributed by atoms with Gasteiger partial charge < -0.3 is 0 Å². The zero-order valence-electron chi connectivity index (χ0n) is 21.0. The first-order chi connectivity index (χ1) is 15.6. The summed E-state index contributed by atoms with van der Waals surface area (Å²) in [5.41, 5.74) is 2.17. The van der Waals surface area contributed by atoms with Crippen molar-refractivity contribution in [2.45, 2.75) is 125 Å². The summed E-state index contributed by atoms with van der Waals surface area (Å²) < 4.78 is 0.773. The van der Waals surface area contributed by atoms with Gasteiger partial charge in [-0.15, -0.1) is 0 Å². The minimum Gasteiger partial charge on any atom is -0.298 e. The zero-order valence-corrected chi connectivity index (χ0v) is 25.3. The van der Waals surface area contributed by atoms with Crippen LogP contribution in [0.1, 0.15) is 139 Å². The molecule has 0 unspecified atom stereocenters. The van der Waals surface area contributed by atoms with E-state index < -0.39 is 0 Å². The molecule has 32 heavy (non-hydrogen) atoms. The monoisotopic (exact) mass is 666 g/mol. The van der Waals surface area contributed by atoms with Gasteiger partial charge in [-0.3, -0.25) is 4.79 Å². The summed E-state index contributed by atoms with van der Waals surface area (Å²) in [4.78, 5) is 10.6. The van der Waals surface area contributed by atoms with Crippen LogP contribution in [0, 0.1) is 11.8 Å². The molecule has 184 valence electrons. The fourth-order valence-corrected chi connectivity index (χ4v) is 5.53. The Morgan fingerprint density at radius 2 is 1.16 bits per heavy atom. The summed E-state index contributed by atoms with van der Waals surface area (Å²) in [5, 5.41) is 0. The van der Waals surface area contributed by atoms with Crippen LogP contribution >= 0.6 is 45.2 Å². The van der Waals surface area contributed by atoms with Crippen molar-refractivity contribution in [1.82, 2.24) is 0 Å². The van der Waals surface area contributed by atoms with Gasteiger partial charge in [-0.2, -0.15) is 0 Å². The van der Waals surface area contributed by atoms with Crippen LogP contribution in [0.15, 0.2) is 24.3 Å². The Balaban J connectivity index is 0.000000260. The highest BCUT2D eigenvalue weighted by molar-refractivity contribution is 14.2. The van der Waals surface area contributed by atoms with Crippen molar-refractivity contribution in [3.8, 4) is 0 Å². The molecule has 1 nitrogen and oxygen atoms in total. The molecule has 0 amide bonds. The van der Waals surface area contributed by atoms with Crippen LogP contribution in [0.5, 0.6) is 0 Å². The van der Waals surface area contributed by atoms with Gasteiger partial charge in [0.2, 0.25) is 0 Å². The van der Waals surface area contributed by atoms with E-state index in [-0.39, 0.29) is 0 Å². The number of carbonyl (C=O) groups is 1. The fraction of sp³-hybridized carbons (Fsp3) is 0.759. The molecule has 1 aromatic carbocycles. The number of halogens is 2. The maximum Gasteiger partial charge on any atom is 0.150 e. The predicted molar refractivity (Wildman–Crippen MR) is 160 cm³/mol. The van der Waals surface area contributed by atoms with Crippen molar-refractivity contribution in [3.05, 3.63) is 35.4 Å². The van der Waals surface area contributed by atoms with Crippen LogP contribution in [0.3, 0.4) is 0 Å². The van der Waals surface area contributed by atoms with Crippen molar-refractivity contribution in [1.29, 1.82) is 0 Å². The van der Waals surface area contributed by atoms with Crippen LogP contribution in [0.4, 0.5) is 0 Å². The molecule has 4 rings (SSSR count). The lowest BCUT2D eigenvalue weighted by Crippen LogP contribution is -2.20. The molecule has 3 fully saturated rings. The molecule has 0 bridgehead atoms. The second-order valence-corrected chi connectivity index (χ2v) is 15.6. The molecule has 3 saturated carbocycles. The molecular weight excluding hydrogens is 618 g/mol. The third-order valence-electron chi connectivity index (χ3n) is 7.09. The molecule has 0 aliphatic heterocycles. The summed E-state index contributed by atoms with van der Waals surface area (Å²) in [6.07, 6.45) is 23.0. The smallest absolute Gasteiger partial charge is 0.150 e. The van der Waals surface area contributed by atoms with Gasteiger partial charge in [-0.1, -0.05) is 161 Å². The maximum absolute atomic E-state index is 10.6. The first-order valence-electron chi connectivity index (χ1n) is 13.4. The quantitative estimate of drug-likeness (QED) is 0.178. The molecule has 0 aromatic heterocycles. The first kappa shape index (κ1) is 30.4. The number of aldehydes is 1. The van der Waals surface area contributed by atoms with Crippen LogP contribution in [0.2, 0.25) is 0 Å². The van der Waals surface area contributed by atoms with Gasteiger partial charge in [0.1, 0.15) is 6.29 Å². The number of carbonyl (C=O) groups excluding carboxylic acids is 1. The van der Waals surface area contributed by atoms with E-state index in [9.17, 15) is 4.79 Å². The van der Waals surface area contributed by atoms with Crippen LogP contribution in [0.25, 0.3) is 0 Å². The van der Waals surface area contributed by atoms with E-state index >= 15 is 0 Å². The van der Waals surface area contributed by atoms with Crippen molar-refractivity contribution in [3.63, 3.8) is 0 Å². The average Bonchev–Trinajstić information content (AvgIpc) is 2.87. The lowest BCUT2D eigenvalue weighted by Gasteiger charge is -2.32. The summed E-state index contributed by atoms with van der Waals surface area (Å²) in [6.45, 7) is 6.14. The molecule has 0 N–H and O–H groups in total. The lowest BCUT2D eigenvalue weighted by molar-refractivity contribution is 0.112. The number of benzene rings is 1. The van der Waals surface area contributed by atoms with E-state index in [2.05, 4.69) is 58.2 Å². The van der Waals surface area contributed by atoms with Crippen molar-refractivity contribution >= 4 is 51.5 Å². The maximum atomic E-state index is 10.6. The third-order valence-corrected chi connectivity index (χ3v) is 7.09. The highest BCUT2D eigenvalue weighted by atomic mass is 127. The van der Waals surface area contributed by atoms with Crippen molar-refractivity contribution < 1.29 is 4.79 Å². The van der Waals surface area contributed by atoms with Gasteiger partial charge in [0, 0.05) is 5.56 Å². The highest BCUT2D eigenvalue weighted by Gasteiger charge is 2.24. The number of rotatable bonds is 3. The van der Waals surface area contributed by atoms with E-state index in [0.29, 0.717) is 5.92 Å². The molecular formula is C29H48I2O. The Morgan fingerprint density at radius 3 is 1.56 bits per heavy atom. The molecule has 0 atom stereocenters. The summed E-state index contributed by atoms with van der Waals surface area (Å²) in [6, 6.07) is 8.07. The second kappa shape index (κ2) is 19.6. The molecule has 1 aromatic rings. The molecule has 3 aliphatic rings. The lowest BCUT2D eigenvalue weighted by atomic mass is 9.73. The Bertz CT molecular complexity index is 550. The fourth-order valence-electron chi connectivity index (χ4n) is 5.53. The van der Waals surface area contributed by atoms with E-state index in [4.69, 9.17) is 0 Å². The molecule has 0 radical (unpaired) electrons. The minimum absolute atomic E-state index is 0.698. The molecule has 0 heterocycles. The Hall–Kier alpha value is 0.350. The van der Waals surface area contributed by atoms with E-state index in [1.165, 1.54) is 76.2 Å². The Labute approximate surface area is 227 Å². The SMILES string of the molecule is C1CCC(C2CCCCC2)CC1.CC.CC(I)I.O=Cc1cccc(C2CCCCC2)c1. The van der Waals surface area contributed by atoms with Crippen LogP contribution in [-0.4, -0.2) is 8.22 Å². The van der Waals surface area contributed by atoms with Gasteiger partial charge in [0.25, 0.3) is 0 Å². The molecule has 3 aliphatic carbocycles. The van der Waals surface area contributed by atoms with Crippen molar-refractivity contribution in [2.75, 3.05) is 0 Å². The number of alkyl halides is 2. The summed E-state index contributed by atoms with van der Waals surface area (Å²) >= 11 is 4.66. The minimum atomic E-state index is 0.698. The summed E-state index contributed by atoms with van der Waals surface area (Å²) in [7, 11) is 0. The zero-order chi connectivity index (χ0) is 23.6. The van der Waals surface area contributed by atoms with Crippen LogP contribution in [-0.2, 0) is 0 Å². The third kappa shape index (κ3) is 13.3. The first-order valence-corrected chi connectivity index (χ1v) is 15.9. The van der Waals surface area contributed by atoms with Gasteiger partial charge >= 0.3 is 0 Å².